The Morgan fingerprint density at radius 1 is 1.00 bits per heavy atom. The Balaban J connectivity index is 1.81. The van der Waals surface area contributed by atoms with Crippen LogP contribution >= 0.6 is 11.8 Å². The van der Waals surface area contributed by atoms with Gasteiger partial charge in [0, 0.05) is 36.8 Å². The number of benzene rings is 1. The third kappa shape index (κ3) is 12.5. The van der Waals surface area contributed by atoms with E-state index in [1.165, 1.54) is 26.2 Å². The zero-order valence-electron chi connectivity index (χ0n) is 24.4. The number of carbonyl (C=O) groups is 4. The molecule has 2 fully saturated rings. The van der Waals surface area contributed by atoms with Crippen molar-refractivity contribution >= 4 is 34.4 Å². The molecule has 9 heteroatoms. The predicted molar refractivity (Wildman–Crippen MR) is 161 cm³/mol. The number of hydrogen-bond donors (Lipinski definition) is 2. The van der Waals surface area contributed by atoms with Gasteiger partial charge in [0.2, 0.25) is 5.91 Å². The highest BCUT2D eigenvalue weighted by atomic mass is 32.2. The summed E-state index contributed by atoms with van der Waals surface area (Å²) < 4.78 is 11.3. The lowest BCUT2D eigenvalue weighted by molar-refractivity contribution is -0.128. The van der Waals surface area contributed by atoms with Gasteiger partial charge in [-0.15, -0.1) is 0 Å². The zero-order chi connectivity index (χ0) is 29.5. The second-order valence-corrected chi connectivity index (χ2v) is 12.3. The number of thioether (sulfide) groups is 1. The van der Waals surface area contributed by atoms with Crippen LogP contribution in [-0.2, 0) is 35.1 Å². The number of nitrogens with one attached hydrogen (secondary N) is 2. The van der Waals surface area contributed by atoms with E-state index in [1.807, 2.05) is 30.3 Å². The second-order valence-electron chi connectivity index (χ2n) is 11.3. The van der Waals surface area contributed by atoms with Crippen molar-refractivity contribution in [2.24, 2.45) is 17.8 Å². The highest BCUT2D eigenvalue weighted by molar-refractivity contribution is 8.13. The lowest BCUT2D eigenvalue weighted by Crippen LogP contribution is -2.40. The van der Waals surface area contributed by atoms with Gasteiger partial charge in [-0.1, -0.05) is 80.8 Å². The van der Waals surface area contributed by atoms with Gasteiger partial charge < -0.3 is 24.9 Å². The summed E-state index contributed by atoms with van der Waals surface area (Å²) in [7, 11) is 0. The number of ketones is 2. The highest BCUT2D eigenvalue weighted by Crippen LogP contribution is 2.29. The molecule has 2 N–H and O–H groups in total. The molecule has 1 aliphatic carbocycles. The summed E-state index contributed by atoms with van der Waals surface area (Å²) in [6.45, 7) is 7.12. The fourth-order valence-corrected chi connectivity index (χ4v) is 6.56. The van der Waals surface area contributed by atoms with Crippen LogP contribution in [0.3, 0.4) is 0 Å². The van der Waals surface area contributed by atoms with Crippen LogP contribution < -0.4 is 10.6 Å². The van der Waals surface area contributed by atoms with Gasteiger partial charge in [0.1, 0.15) is 5.78 Å². The molecule has 0 unspecified atom stereocenters. The predicted octanol–water partition coefficient (Wildman–Crippen LogP) is 4.26. The van der Waals surface area contributed by atoms with E-state index in [4.69, 9.17) is 9.47 Å². The Hall–Kier alpha value is -2.49. The maximum atomic E-state index is 13.8. The SMILES string of the molecule is C=C1COCCOCCNC(=O)[C@@H](CC(C)=O)CSC(=O)[C@H](Cc2ccccc2)CC(=O)[C@H](CC2CCCCC2)N1. The summed E-state index contributed by atoms with van der Waals surface area (Å²) in [6, 6.07) is 9.24. The second kappa shape index (κ2) is 18.1. The lowest BCUT2D eigenvalue weighted by atomic mass is 9.82. The van der Waals surface area contributed by atoms with E-state index in [-0.39, 0.29) is 47.8 Å². The van der Waals surface area contributed by atoms with E-state index >= 15 is 0 Å². The number of carbonyl (C=O) groups excluding carboxylic acids is 4. The molecule has 3 rings (SSSR count). The van der Waals surface area contributed by atoms with Gasteiger partial charge >= 0.3 is 0 Å². The minimum Gasteiger partial charge on any atom is -0.377 e. The quantitative estimate of drug-likeness (QED) is 0.509. The summed E-state index contributed by atoms with van der Waals surface area (Å²) in [5, 5.41) is 6.02. The Morgan fingerprint density at radius 3 is 2.46 bits per heavy atom. The number of hydrogen-bond acceptors (Lipinski definition) is 8. The molecule has 41 heavy (non-hydrogen) atoms. The smallest absolute Gasteiger partial charge is 0.224 e. The standard InChI is InChI=1S/C32H46N2O6S/c1-23-21-40-16-15-39-14-13-33-31(37)28(17-24(2)35)22-41-32(38)27(18-25-9-5-3-6-10-25)20-30(36)29(34-23)19-26-11-7-4-8-12-26/h3,5-6,9-10,26-29,34H,1,4,7-8,11-22H2,2H3,(H,33,37)/t27-,28+,29+/m1/s1. The molecule has 2 aliphatic rings. The molecule has 3 atom stereocenters. The van der Waals surface area contributed by atoms with Crippen LogP contribution in [0.2, 0.25) is 0 Å². The molecule has 8 nitrogen and oxygen atoms in total. The maximum Gasteiger partial charge on any atom is 0.224 e. The van der Waals surface area contributed by atoms with Gasteiger partial charge in [-0.25, -0.2) is 0 Å². The first kappa shape index (κ1) is 33.0. The zero-order valence-corrected chi connectivity index (χ0v) is 25.2. The van der Waals surface area contributed by atoms with Crippen LogP contribution in [0.15, 0.2) is 42.6 Å². The minimum atomic E-state index is -0.635. The maximum absolute atomic E-state index is 13.8. The van der Waals surface area contributed by atoms with Crippen LogP contribution in [-0.4, -0.2) is 67.4 Å². The van der Waals surface area contributed by atoms with Crippen LogP contribution in [0.1, 0.15) is 63.9 Å². The van der Waals surface area contributed by atoms with Gasteiger partial charge in [-0.05, 0) is 31.2 Å². The van der Waals surface area contributed by atoms with Gasteiger partial charge in [-0.2, -0.15) is 0 Å². The van der Waals surface area contributed by atoms with Crippen LogP contribution in [0.25, 0.3) is 0 Å². The highest BCUT2D eigenvalue weighted by Gasteiger charge is 2.31. The molecule has 226 valence electrons. The van der Waals surface area contributed by atoms with Crippen molar-refractivity contribution < 1.29 is 28.7 Å². The fraction of sp³-hybridized carbons (Fsp3) is 0.625. The molecule has 0 radical (unpaired) electrons. The van der Waals surface area contributed by atoms with E-state index in [9.17, 15) is 19.2 Å². The van der Waals surface area contributed by atoms with E-state index in [2.05, 4.69) is 17.2 Å². The van der Waals surface area contributed by atoms with Crippen molar-refractivity contribution in [3.05, 3.63) is 48.2 Å². The molecule has 0 aromatic heterocycles. The molecule has 1 aliphatic heterocycles. The topological polar surface area (TPSA) is 111 Å². The largest absolute Gasteiger partial charge is 0.377 e. The number of amides is 1. The fourth-order valence-electron chi connectivity index (χ4n) is 5.52. The summed E-state index contributed by atoms with van der Waals surface area (Å²) in [5.74, 6) is -0.947. The van der Waals surface area contributed by atoms with Crippen LogP contribution in [0, 0.1) is 17.8 Å². The summed E-state index contributed by atoms with van der Waals surface area (Å²) in [6.07, 6.45) is 7.09. The Bertz CT molecular complexity index is 1010. The van der Waals surface area contributed by atoms with Gasteiger partial charge in [0.05, 0.1) is 38.4 Å². The molecule has 0 spiro atoms. The molecule has 1 amide bonds. The third-order valence-electron chi connectivity index (χ3n) is 7.69. The number of ether oxygens (including phenoxy) is 2. The molecule has 1 saturated heterocycles. The molecule has 1 aromatic rings. The Kier molecular flexibility index (Phi) is 14.6. The first-order chi connectivity index (χ1) is 19.8. The normalized spacial score (nSPS) is 25.3. The average Bonchev–Trinajstić information content (AvgIpc) is 2.96. The van der Waals surface area contributed by atoms with E-state index in [1.54, 1.807) is 0 Å². The van der Waals surface area contributed by atoms with E-state index < -0.39 is 17.9 Å². The molecule has 0 bridgehead atoms. The van der Waals surface area contributed by atoms with Crippen molar-refractivity contribution in [3.63, 3.8) is 0 Å². The van der Waals surface area contributed by atoms with Gasteiger partial charge in [0.15, 0.2) is 10.9 Å². The lowest BCUT2D eigenvalue weighted by Gasteiger charge is -2.28. The summed E-state index contributed by atoms with van der Waals surface area (Å²) in [5.41, 5.74) is 1.61. The average molecular weight is 587 g/mol. The molecule has 1 heterocycles. The first-order valence-electron chi connectivity index (χ1n) is 14.9. The van der Waals surface area contributed by atoms with Crippen molar-refractivity contribution in [1.29, 1.82) is 0 Å². The van der Waals surface area contributed by atoms with Crippen molar-refractivity contribution in [2.45, 2.75) is 70.8 Å². The number of rotatable bonds is 6. The minimum absolute atomic E-state index is 0.00844. The van der Waals surface area contributed by atoms with E-state index in [0.717, 1.165) is 30.2 Å². The summed E-state index contributed by atoms with van der Waals surface area (Å²) >= 11 is 1.05. The Morgan fingerprint density at radius 2 is 1.73 bits per heavy atom. The summed E-state index contributed by atoms with van der Waals surface area (Å²) in [4.78, 5) is 52.2. The molecule has 1 saturated carbocycles. The molecule has 1 aromatic carbocycles. The molecular formula is C32H46N2O6S. The van der Waals surface area contributed by atoms with Crippen molar-refractivity contribution in [3.8, 4) is 0 Å². The van der Waals surface area contributed by atoms with Gasteiger partial charge in [0.25, 0.3) is 0 Å². The van der Waals surface area contributed by atoms with Gasteiger partial charge in [-0.3, -0.25) is 14.4 Å². The monoisotopic (exact) mass is 586 g/mol. The van der Waals surface area contributed by atoms with Crippen molar-refractivity contribution in [2.75, 3.05) is 38.7 Å². The first-order valence-corrected chi connectivity index (χ1v) is 15.9. The Labute approximate surface area is 248 Å². The molecular weight excluding hydrogens is 540 g/mol. The van der Waals surface area contributed by atoms with Crippen LogP contribution in [0.4, 0.5) is 0 Å². The van der Waals surface area contributed by atoms with Crippen molar-refractivity contribution in [1.82, 2.24) is 10.6 Å². The number of Topliss-reactive ketones (excluding diaryl/α,β-unsaturated/α-hetero) is 2. The van der Waals surface area contributed by atoms with Crippen LogP contribution in [0.5, 0.6) is 0 Å². The third-order valence-corrected chi connectivity index (χ3v) is 8.88. The van der Waals surface area contributed by atoms with E-state index in [0.29, 0.717) is 50.8 Å².